The fourth-order valence-electron chi connectivity index (χ4n) is 4.21. The first-order valence-corrected chi connectivity index (χ1v) is 10.4. The molecule has 1 aromatic heterocycles. The van der Waals surface area contributed by atoms with Crippen molar-refractivity contribution < 1.29 is 14.6 Å². The molecule has 31 heavy (non-hydrogen) atoms. The van der Waals surface area contributed by atoms with E-state index >= 15 is 0 Å². The van der Waals surface area contributed by atoms with Crippen LogP contribution in [0.4, 0.5) is 5.69 Å². The Morgan fingerprint density at radius 3 is 2.71 bits per heavy atom. The van der Waals surface area contributed by atoms with Gasteiger partial charge in [-0.05, 0) is 29.8 Å². The van der Waals surface area contributed by atoms with Crippen LogP contribution in [0, 0.1) is 0 Å². The van der Waals surface area contributed by atoms with Crippen molar-refractivity contribution in [2.75, 3.05) is 18.6 Å². The van der Waals surface area contributed by atoms with Gasteiger partial charge in [0.2, 0.25) is 5.91 Å². The SMILES string of the molecule is COc1cc(CN2CCc3c(c(CN(C(C)=O)c4ccccc4)nn3C)C2)ccc1O. The Kier molecular flexibility index (Phi) is 5.95. The zero-order valence-electron chi connectivity index (χ0n) is 18.2. The number of benzene rings is 2. The molecular formula is C24H28N4O3. The number of hydrogen-bond acceptors (Lipinski definition) is 5. The Balaban J connectivity index is 1.56. The van der Waals surface area contributed by atoms with Crippen molar-refractivity contribution in [1.29, 1.82) is 0 Å². The molecule has 0 radical (unpaired) electrons. The summed E-state index contributed by atoms with van der Waals surface area (Å²) in [6.07, 6.45) is 0.902. The van der Waals surface area contributed by atoms with Crippen LogP contribution in [0.15, 0.2) is 48.5 Å². The second-order valence-corrected chi connectivity index (χ2v) is 7.90. The van der Waals surface area contributed by atoms with Crippen LogP contribution in [0.1, 0.15) is 29.4 Å². The summed E-state index contributed by atoms with van der Waals surface area (Å²) in [6.45, 7) is 4.47. The van der Waals surface area contributed by atoms with Crippen molar-refractivity contribution in [2.45, 2.75) is 33.0 Å². The van der Waals surface area contributed by atoms with E-state index in [2.05, 4.69) is 4.90 Å². The topological polar surface area (TPSA) is 70.8 Å². The predicted molar refractivity (Wildman–Crippen MR) is 119 cm³/mol. The largest absolute Gasteiger partial charge is 0.504 e. The monoisotopic (exact) mass is 420 g/mol. The van der Waals surface area contributed by atoms with Crippen LogP contribution in [0.5, 0.6) is 11.5 Å². The van der Waals surface area contributed by atoms with Gasteiger partial charge in [0.1, 0.15) is 0 Å². The van der Waals surface area contributed by atoms with E-state index in [4.69, 9.17) is 9.84 Å². The molecule has 0 unspecified atom stereocenters. The van der Waals surface area contributed by atoms with E-state index in [-0.39, 0.29) is 11.7 Å². The highest BCUT2D eigenvalue weighted by atomic mass is 16.5. The van der Waals surface area contributed by atoms with Crippen molar-refractivity contribution in [3.05, 3.63) is 71.0 Å². The third-order valence-electron chi connectivity index (χ3n) is 5.81. The van der Waals surface area contributed by atoms with Gasteiger partial charge >= 0.3 is 0 Å². The lowest BCUT2D eigenvalue weighted by Crippen LogP contribution is -2.32. The first-order chi connectivity index (χ1) is 15.0. The third-order valence-corrected chi connectivity index (χ3v) is 5.81. The highest BCUT2D eigenvalue weighted by molar-refractivity contribution is 5.91. The Bertz CT molecular complexity index is 1080. The number of phenolic OH excluding ortho intramolecular Hbond substituents is 1. The molecule has 3 aromatic rings. The number of ether oxygens (including phenoxy) is 1. The minimum absolute atomic E-state index is 0.00513. The lowest BCUT2D eigenvalue weighted by atomic mass is 10.0. The second-order valence-electron chi connectivity index (χ2n) is 7.90. The van der Waals surface area contributed by atoms with E-state index in [1.54, 1.807) is 25.0 Å². The van der Waals surface area contributed by atoms with Crippen molar-refractivity contribution in [3.8, 4) is 11.5 Å². The van der Waals surface area contributed by atoms with E-state index in [1.807, 2.05) is 54.2 Å². The summed E-state index contributed by atoms with van der Waals surface area (Å²) in [7, 11) is 3.53. The number of amides is 1. The number of fused-ring (bicyclic) bond motifs is 1. The fraction of sp³-hybridized carbons (Fsp3) is 0.333. The number of phenols is 1. The zero-order valence-corrected chi connectivity index (χ0v) is 18.2. The Morgan fingerprint density at radius 1 is 1.23 bits per heavy atom. The van der Waals surface area contributed by atoms with Gasteiger partial charge in [0.05, 0.1) is 19.3 Å². The van der Waals surface area contributed by atoms with Gasteiger partial charge in [-0.2, -0.15) is 5.10 Å². The molecule has 4 rings (SSSR count). The molecule has 0 saturated carbocycles. The molecule has 1 N–H and O–H groups in total. The van der Waals surface area contributed by atoms with E-state index in [0.29, 0.717) is 12.3 Å². The Hall–Kier alpha value is -3.32. The van der Waals surface area contributed by atoms with Crippen LogP contribution < -0.4 is 9.64 Å². The minimum atomic E-state index is -0.00513. The van der Waals surface area contributed by atoms with Crippen molar-refractivity contribution in [2.24, 2.45) is 7.05 Å². The van der Waals surface area contributed by atoms with Gasteiger partial charge < -0.3 is 14.7 Å². The van der Waals surface area contributed by atoms with Crippen LogP contribution in [0.3, 0.4) is 0 Å². The van der Waals surface area contributed by atoms with Gasteiger partial charge in [-0.3, -0.25) is 14.4 Å². The molecule has 2 heterocycles. The van der Waals surface area contributed by atoms with Crippen molar-refractivity contribution in [3.63, 3.8) is 0 Å². The number of carbonyl (C=O) groups excluding carboxylic acids is 1. The number of aromatic nitrogens is 2. The smallest absolute Gasteiger partial charge is 0.224 e. The number of anilines is 1. The predicted octanol–water partition coefficient (Wildman–Crippen LogP) is 3.25. The normalized spacial score (nSPS) is 13.6. The van der Waals surface area contributed by atoms with Gasteiger partial charge in [-0.25, -0.2) is 0 Å². The Morgan fingerprint density at radius 2 is 2.00 bits per heavy atom. The fourth-order valence-corrected chi connectivity index (χ4v) is 4.21. The molecule has 2 aromatic carbocycles. The third kappa shape index (κ3) is 4.41. The molecule has 1 aliphatic heterocycles. The van der Waals surface area contributed by atoms with Crippen molar-refractivity contribution in [1.82, 2.24) is 14.7 Å². The highest BCUT2D eigenvalue weighted by Gasteiger charge is 2.26. The molecule has 1 amide bonds. The summed E-state index contributed by atoms with van der Waals surface area (Å²) in [6, 6.07) is 15.2. The summed E-state index contributed by atoms with van der Waals surface area (Å²) in [5.74, 6) is 0.624. The molecule has 0 bridgehead atoms. The first-order valence-electron chi connectivity index (χ1n) is 10.4. The van der Waals surface area contributed by atoms with Crippen LogP contribution in [0.2, 0.25) is 0 Å². The zero-order chi connectivity index (χ0) is 22.0. The number of carbonyl (C=O) groups is 1. The average Bonchev–Trinajstić information content (AvgIpc) is 3.08. The maximum absolute atomic E-state index is 12.4. The lowest BCUT2D eigenvalue weighted by Gasteiger charge is -2.28. The van der Waals surface area contributed by atoms with E-state index in [0.717, 1.165) is 43.0 Å². The summed E-state index contributed by atoms with van der Waals surface area (Å²) in [5, 5.41) is 14.6. The first kappa shape index (κ1) is 20.9. The van der Waals surface area contributed by atoms with Crippen LogP contribution in [0.25, 0.3) is 0 Å². The second kappa shape index (κ2) is 8.81. The Labute approximate surface area is 182 Å². The molecule has 7 heteroatoms. The standard InChI is InChI=1S/C24H28N4O3/c1-17(29)28(19-7-5-4-6-8-19)16-21-20-15-27(12-11-22(20)26(2)25-21)14-18-9-10-23(30)24(13-18)31-3/h4-10,13,30H,11-12,14-16H2,1-3H3. The summed E-state index contributed by atoms with van der Waals surface area (Å²) in [5.41, 5.74) is 5.31. The molecule has 0 fully saturated rings. The van der Waals surface area contributed by atoms with E-state index in [9.17, 15) is 9.90 Å². The number of nitrogens with zero attached hydrogens (tertiary/aromatic N) is 4. The van der Waals surface area contributed by atoms with Gasteiger partial charge in [0, 0.05) is 57.0 Å². The summed E-state index contributed by atoms with van der Waals surface area (Å²) >= 11 is 0. The van der Waals surface area contributed by atoms with Gasteiger partial charge in [-0.1, -0.05) is 24.3 Å². The number of aromatic hydroxyl groups is 1. The number of para-hydroxylation sites is 1. The van der Waals surface area contributed by atoms with Crippen LogP contribution in [-0.4, -0.2) is 39.3 Å². The number of methoxy groups -OCH3 is 1. The lowest BCUT2D eigenvalue weighted by molar-refractivity contribution is -0.116. The number of hydrogen-bond donors (Lipinski definition) is 1. The van der Waals surface area contributed by atoms with Crippen LogP contribution in [-0.2, 0) is 37.9 Å². The minimum Gasteiger partial charge on any atom is -0.504 e. The maximum atomic E-state index is 12.4. The average molecular weight is 421 g/mol. The molecule has 0 atom stereocenters. The van der Waals surface area contributed by atoms with Gasteiger partial charge in [0.15, 0.2) is 11.5 Å². The highest BCUT2D eigenvalue weighted by Crippen LogP contribution is 2.29. The van der Waals surface area contributed by atoms with E-state index < -0.39 is 0 Å². The number of aryl methyl sites for hydroxylation is 1. The van der Waals surface area contributed by atoms with Gasteiger partial charge in [-0.15, -0.1) is 0 Å². The number of rotatable bonds is 6. The van der Waals surface area contributed by atoms with Crippen molar-refractivity contribution >= 4 is 11.6 Å². The molecule has 0 aliphatic carbocycles. The van der Waals surface area contributed by atoms with E-state index in [1.165, 1.54) is 11.3 Å². The van der Waals surface area contributed by atoms with Gasteiger partial charge in [0.25, 0.3) is 0 Å². The molecule has 1 aliphatic rings. The summed E-state index contributed by atoms with van der Waals surface area (Å²) < 4.78 is 7.20. The maximum Gasteiger partial charge on any atom is 0.224 e. The quantitative estimate of drug-likeness (QED) is 0.663. The molecule has 0 saturated heterocycles. The molecule has 162 valence electrons. The van der Waals surface area contributed by atoms with Crippen LogP contribution >= 0.6 is 0 Å². The summed E-state index contributed by atoms with van der Waals surface area (Å²) in [4.78, 5) is 16.5. The molecule has 0 spiro atoms. The molecular weight excluding hydrogens is 392 g/mol. The molecule has 7 nitrogen and oxygen atoms in total.